The van der Waals surface area contributed by atoms with Crippen LogP contribution in [0.25, 0.3) is 0 Å². The van der Waals surface area contributed by atoms with Gasteiger partial charge in [-0.2, -0.15) is 0 Å². The van der Waals surface area contributed by atoms with Gasteiger partial charge in [-0.3, -0.25) is 4.99 Å². The van der Waals surface area contributed by atoms with Gasteiger partial charge in [0, 0.05) is 18.5 Å². The molecule has 1 aromatic rings. The van der Waals surface area contributed by atoms with Crippen LogP contribution in [-0.4, -0.2) is 18.9 Å². The van der Waals surface area contributed by atoms with Crippen LogP contribution in [0.4, 0.5) is 0 Å². The maximum atomic E-state index is 6.35. The molecule has 0 spiro atoms. The van der Waals surface area contributed by atoms with Gasteiger partial charge in [0.25, 0.3) is 0 Å². The summed E-state index contributed by atoms with van der Waals surface area (Å²) >= 11 is 0. The van der Waals surface area contributed by atoms with E-state index in [1.807, 2.05) is 0 Å². The lowest BCUT2D eigenvalue weighted by Gasteiger charge is -2.31. The number of nitrogens with two attached hydrogens (primary N) is 1. The number of aryl methyl sites for hydroxylation is 1. The molecule has 0 radical (unpaired) electrons. The number of hydrogen-bond acceptors (Lipinski definition) is 3. The molecule has 1 aliphatic carbocycles. The summed E-state index contributed by atoms with van der Waals surface area (Å²) in [6, 6.07) is 8.62. The molecule has 0 aromatic heterocycles. The molecule has 0 saturated carbocycles. The number of rotatable bonds is 1. The van der Waals surface area contributed by atoms with Crippen LogP contribution in [0, 0.1) is 5.92 Å². The molecule has 3 rings (SSSR count). The first kappa shape index (κ1) is 9.85. The first-order chi connectivity index (χ1) is 7.86. The summed E-state index contributed by atoms with van der Waals surface area (Å²) in [4.78, 5) is 4.51. The molecular weight excluding hydrogens is 198 g/mol. The normalized spacial score (nSPS) is 28.2. The Bertz CT molecular complexity index is 425. The lowest BCUT2D eigenvalue weighted by molar-refractivity contribution is 0.474. The summed E-state index contributed by atoms with van der Waals surface area (Å²) in [5, 5.41) is 3.36. The van der Waals surface area contributed by atoms with Gasteiger partial charge in [-0.1, -0.05) is 24.3 Å². The largest absolute Gasteiger partial charge is 0.372 e. The van der Waals surface area contributed by atoms with Gasteiger partial charge in [-0.05, 0) is 24.0 Å². The molecule has 3 N–H and O–H groups in total. The highest BCUT2D eigenvalue weighted by atomic mass is 15.1. The van der Waals surface area contributed by atoms with Gasteiger partial charge in [-0.25, -0.2) is 0 Å². The first-order valence-electron chi connectivity index (χ1n) is 5.98. The average Bonchev–Trinajstić information content (AvgIpc) is 2.83. The first-order valence-corrected chi connectivity index (χ1v) is 5.98. The standard InChI is InChI=1S/C13H17N3/c14-12-10-4-2-1-3-9(10)5-6-11(12)13-15-7-8-16-13/h1-4,11-12H,5-8,14H2,(H,15,16). The van der Waals surface area contributed by atoms with Crippen molar-refractivity contribution in [2.75, 3.05) is 13.1 Å². The zero-order valence-corrected chi connectivity index (χ0v) is 9.32. The van der Waals surface area contributed by atoms with E-state index in [0.717, 1.165) is 31.8 Å². The molecule has 3 nitrogen and oxygen atoms in total. The van der Waals surface area contributed by atoms with E-state index < -0.39 is 0 Å². The van der Waals surface area contributed by atoms with Crippen molar-refractivity contribution in [1.82, 2.24) is 5.32 Å². The molecular formula is C13H17N3. The van der Waals surface area contributed by atoms with Crippen LogP contribution < -0.4 is 11.1 Å². The third-order valence-electron chi connectivity index (χ3n) is 3.62. The number of fused-ring (bicyclic) bond motifs is 1. The van der Waals surface area contributed by atoms with E-state index in [1.54, 1.807) is 0 Å². The van der Waals surface area contributed by atoms with E-state index >= 15 is 0 Å². The van der Waals surface area contributed by atoms with E-state index in [-0.39, 0.29) is 6.04 Å². The Morgan fingerprint density at radius 3 is 3.00 bits per heavy atom. The second-order valence-corrected chi connectivity index (χ2v) is 4.56. The van der Waals surface area contributed by atoms with E-state index in [0.29, 0.717) is 5.92 Å². The Balaban J connectivity index is 1.91. The molecule has 0 saturated heterocycles. The minimum Gasteiger partial charge on any atom is -0.372 e. The number of amidine groups is 1. The van der Waals surface area contributed by atoms with Crippen LogP contribution in [0.2, 0.25) is 0 Å². The molecule has 2 atom stereocenters. The van der Waals surface area contributed by atoms with Crippen molar-refractivity contribution in [3.05, 3.63) is 35.4 Å². The minimum absolute atomic E-state index is 0.106. The third-order valence-corrected chi connectivity index (χ3v) is 3.62. The zero-order chi connectivity index (χ0) is 11.0. The summed E-state index contributed by atoms with van der Waals surface area (Å²) in [5.74, 6) is 1.51. The molecule has 84 valence electrons. The molecule has 3 heteroatoms. The molecule has 2 aliphatic rings. The van der Waals surface area contributed by atoms with Crippen molar-refractivity contribution in [3.63, 3.8) is 0 Å². The Hall–Kier alpha value is -1.35. The van der Waals surface area contributed by atoms with Gasteiger partial charge in [0.1, 0.15) is 5.84 Å². The maximum absolute atomic E-state index is 6.35. The summed E-state index contributed by atoms with van der Waals surface area (Å²) < 4.78 is 0. The predicted molar refractivity (Wildman–Crippen MR) is 65.5 cm³/mol. The fourth-order valence-electron chi connectivity index (χ4n) is 2.77. The van der Waals surface area contributed by atoms with E-state index in [4.69, 9.17) is 5.73 Å². The number of nitrogens with one attached hydrogen (secondary N) is 1. The van der Waals surface area contributed by atoms with E-state index in [9.17, 15) is 0 Å². The van der Waals surface area contributed by atoms with Crippen molar-refractivity contribution in [2.24, 2.45) is 16.6 Å². The molecule has 0 fully saturated rings. The van der Waals surface area contributed by atoms with Crippen molar-refractivity contribution >= 4 is 5.84 Å². The Labute approximate surface area is 95.8 Å². The van der Waals surface area contributed by atoms with Crippen molar-refractivity contribution in [1.29, 1.82) is 0 Å². The molecule has 0 amide bonds. The van der Waals surface area contributed by atoms with Gasteiger partial charge >= 0.3 is 0 Å². The van der Waals surface area contributed by atoms with Gasteiger partial charge in [0.15, 0.2) is 0 Å². The summed E-state index contributed by atoms with van der Waals surface area (Å²) in [5.41, 5.74) is 9.06. The van der Waals surface area contributed by atoms with Crippen molar-refractivity contribution in [2.45, 2.75) is 18.9 Å². The molecule has 2 unspecified atom stereocenters. The monoisotopic (exact) mass is 215 g/mol. The van der Waals surface area contributed by atoms with Crippen molar-refractivity contribution < 1.29 is 0 Å². The maximum Gasteiger partial charge on any atom is 0.101 e. The number of hydrogen-bond donors (Lipinski definition) is 2. The minimum atomic E-state index is 0.106. The molecule has 1 heterocycles. The average molecular weight is 215 g/mol. The van der Waals surface area contributed by atoms with E-state index in [2.05, 4.69) is 34.6 Å². The fraction of sp³-hybridized carbons (Fsp3) is 0.462. The topological polar surface area (TPSA) is 50.4 Å². The van der Waals surface area contributed by atoms with Crippen LogP contribution >= 0.6 is 0 Å². The molecule has 0 bridgehead atoms. The highest BCUT2D eigenvalue weighted by Crippen LogP contribution is 2.33. The Morgan fingerprint density at radius 2 is 2.19 bits per heavy atom. The second-order valence-electron chi connectivity index (χ2n) is 4.56. The third kappa shape index (κ3) is 1.52. The van der Waals surface area contributed by atoms with Gasteiger partial charge in [0.05, 0.1) is 6.54 Å². The fourth-order valence-corrected chi connectivity index (χ4v) is 2.77. The van der Waals surface area contributed by atoms with Crippen LogP contribution in [-0.2, 0) is 6.42 Å². The van der Waals surface area contributed by atoms with Crippen LogP contribution in [0.5, 0.6) is 0 Å². The van der Waals surface area contributed by atoms with Gasteiger partial charge < -0.3 is 11.1 Å². The van der Waals surface area contributed by atoms with Crippen LogP contribution in [0.15, 0.2) is 29.3 Å². The number of nitrogens with zero attached hydrogens (tertiary/aromatic N) is 1. The SMILES string of the molecule is NC1c2ccccc2CCC1C1=NCCN1. The summed E-state index contributed by atoms with van der Waals surface area (Å²) in [6.45, 7) is 1.88. The lowest BCUT2D eigenvalue weighted by atomic mass is 9.79. The molecule has 16 heavy (non-hydrogen) atoms. The molecule has 1 aromatic carbocycles. The second kappa shape index (κ2) is 3.91. The Kier molecular flexibility index (Phi) is 2.40. The lowest BCUT2D eigenvalue weighted by Crippen LogP contribution is -2.37. The quantitative estimate of drug-likeness (QED) is 0.740. The highest BCUT2D eigenvalue weighted by Gasteiger charge is 2.30. The summed E-state index contributed by atoms with van der Waals surface area (Å²) in [6.07, 6.45) is 2.24. The number of benzene rings is 1. The Morgan fingerprint density at radius 1 is 1.31 bits per heavy atom. The van der Waals surface area contributed by atoms with Crippen LogP contribution in [0.3, 0.4) is 0 Å². The van der Waals surface area contributed by atoms with E-state index in [1.165, 1.54) is 11.1 Å². The predicted octanol–water partition coefficient (Wildman–Crippen LogP) is 1.25. The van der Waals surface area contributed by atoms with Crippen LogP contribution in [0.1, 0.15) is 23.6 Å². The highest BCUT2D eigenvalue weighted by molar-refractivity contribution is 5.87. The van der Waals surface area contributed by atoms with Gasteiger partial charge in [0.2, 0.25) is 0 Å². The van der Waals surface area contributed by atoms with Gasteiger partial charge in [-0.15, -0.1) is 0 Å². The summed E-state index contributed by atoms with van der Waals surface area (Å²) in [7, 11) is 0. The smallest absolute Gasteiger partial charge is 0.101 e. The van der Waals surface area contributed by atoms with Crippen molar-refractivity contribution in [3.8, 4) is 0 Å². The molecule has 1 aliphatic heterocycles. The number of aliphatic imine (C=N–C) groups is 1. The zero-order valence-electron chi connectivity index (χ0n) is 9.32.